The second kappa shape index (κ2) is 48.5. The van der Waals surface area contributed by atoms with Crippen LogP contribution in [0.2, 0.25) is 5.02 Å². The van der Waals surface area contributed by atoms with Crippen molar-refractivity contribution in [2.24, 2.45) is 33.7 Å². The van der Waals surface area contributed by atoms with Gasteiger partial charge in [-0.3, -0.25) is 54.5 Å². The van der Waals surface area contributed by atoms with Crippen LogP contribution in [0.25, 0.3) is 0 Å². The van der Waals surface area contributed by atoms with Crippen molar-refractivity contribution in [2.75, 3.05) is 6.54 Å². The van der Waals surface area contributed by atoms with Gasteiger partial charge >= 0.3 is 5.97 Å². The van der Waals surface area contributed by atoms with E-state index in [9.17, 15) is 37.5 Å². The van der Waals surface area contributed by atoms with Crippen molar-refractivity contribution >= 4 is 52.8 Å². The second-order valence-corrected chi connectivity index (χ2v) is 35.3. The Kier molecular flexibility index (Phi) is 36.1. The largest absolute Gasteiger partial charge is 0.478 e. The van der Waals surface area contributed by atoms with E-state index in [1.165, 1.54) is 86.5 Å². The first-order chi connectivity index (χ1) is 65.3. The number of aliphatic imine (C=N–C) groups is 1. The number of aromatic carboxylic acids is 1. The number of aliphatic hydroxyl groups is 1. The number of amides is 5. The molecule has 0 unspecified atom stereocenters. The number of carboxylic acid groups (broad SMARTS) is 1. The Morgan fingerprint density at radius 1 is 0.358 bits per heavy atom. The minimum atomic E-state index is -0.973. The minimum Gasteiger partial charge on any atom is -0.478 e. The molecule has 1 aliphatic heterocycles. The topological polar surface area (TPSA) is 429 Å². The van der Waals surface area contributed by atoms with Gasteiger partial charge in [-0.2, -0.15) is 25.5 Å². The number of hydrogen-bond donors (Lipinski definition) is 12. The molecule has 137 heavy (non-hydrogen) atoms. The number of H-pyrrole nitrogens is 5. The van der Waals surface area contributed by atoms with Crippen LogP contribution in [0.3, 0.4) is 0 Å². The number of carbonyl (C=O) groups is 6. The standard InChI is InChI=1S/C24H29N3O.C23H20ClFN4O.C21H21N3O3.C21H23N3O2.C20H20FN3O.CH4/c1-16-5-7-17(8-6-16)11-14-20-22(23(25)28)21(27-26-20)15-18-9-12-19(13-10-18)24(2,3)4;24-17-3-1-2-14(12-17)13-20-21(23(26)30)19(28-29-20)9-6-16-10-11-27-22(16)15-4-7-18(25)8-5-15;1-13-2-4-14(5-3-13)8-11-17-19(20(22)25)18(24-23-17)12-15-6-9-16(10-7-15)21(26)27;1-14-2-4-15(5-3-14)10-11-18-20(21(22)26)19(24-23-18)12-16-6-8-17(13-25)9-7-16;1-13-2-4-14(5-3-13)8-11-17-19(20(22)25)18(24-23-17)12-15-6-9-16(21)10-7-15;/h5-10,12-13H,11,14-15H2,1-4H3,(H2,25,28)(H,26,27);1-5,7-8,10,12H,6,9,11,13H2,(H2,26,30)(H,28,29);2-7,9-10H,8,11-12H2,1H3,(H2,22,25)(H,23,24)(H,26,27);2-9,25H,10-13H2,1H3,(H2,22,26)(H,23,24);2-7,9-10H,8,11-12H2,1H3,(H2,22,25)(H,23,24);1H4. The van der Waals surface area contributed by atoms with Gasteiger partial charge in [0.1, 0.15) is 11.6 Å². The third-order valence-electron chi connectivity index (χ3n) is 23.5. The van der Waals surface area contributed by atoms with E-state index in [1.54, 1.807) is 42.5 Å². The highest BCUT2D eigenvalue weighted by atomic mass is 35.5. The summed E-state index contributed by atoms with van der Waals surface area (Å²) in [5.74, 6) is -3.94. The van der Waals surface area contributed by atoms with Gasteiger partial charge in [0.2, 0.25) is 0 Å². The monoisotopic (exact) mass is 1860 g/mol. The molecule has 15 aromatic rings. The van der Waals surface area contributed by atoms with Crippen LogP contribution in [-0.4, -0.2) is 109 Å². The van der Waals surface area contributed by atoms with Gasteiger partial charge < -0.3 is 38.9 Å². The molecule has 6 heterocycles. The summed E-state index contributed by atoms with van der Waals surface area (Å²) in [6.07, 6.45) is 11.5. The van der Waals surface area contributed by atoms with E-state index < -0.39 is 35.5 Å². The van der Waals surface area contributed by atoms with E-state index in [2.05, 4.69) is 212 Å². The third-order valence-corrected chi connectivity index (χ3v) is 23.7. The molecule has 27 heteroatoms. The SMILES string of the molecule is C.Cc1ccc(CCc2n[nH]c(Cc3ccc(C(=O)O)cc3)c2C(N)=O)cc1.Cc1ccc(CCc2n[nH]c(Cc3ccc(C(C)(C)C)cc3)c2C(N)=O)cc1.Cc1ccc(CCc2n[nH]c(Cc3ccc(CO)cc3)c2C(N)=O)cc1.Cc1ccc(CCc2n[nH]c(Cc3ccc(F)cc3)c2C(N)=O)cc1.NC(=O)c1c(CCC2=CCN=C2c2ccc(F)cc2)n[nH]c1Cc1cccc(Cl)c1. The van der Waals surface area contributed by atoms with Crippen molar-refractivity contribution in [3.63, 3.8) is 0 Å². The van der Waals surface area contributed by atoms with Crippen LogP contribution in [-0.2, 0) is 102 Å². The lowest BCUT2D eigenvalue weighted by atomic mass is 9.86. The van der Waals surface area contributed by atoms with Gasteiger partial charge in [-0.25, -0.2) is 13.6 Å². The Hall–Kier alpha value is -15.4. The molecule has 0 bridgehead atoms. The summed E-state index contributed by atoms with van der Waals surface area (Å²) in [5.41, 5.74) is 57.1. The first-order valence-electron chi connectivity index (χ1n) is 44.9. The van der Waals surface area contributed by atoms with Crippen molar-refractivity contribution in [3.8, 4) is 0 Å². The molecule has 17 N–H and O–H groups in total. The van der Waals surface area contributed by atoms with Crippen molar-refractivity contribution in [1.29, 1.82) is 0 Å². The molecule has 24 nitrogen and oxygen atoms in total. The second-order valence-electron chi connectivity index (χ2n) is 34.9. The maximum absolute atomic E-state index is 13.2. The summed E-state index contributed by atoms with van der Waals surface area (Å²) in [4.78, 5) is 75.6. The molecule has 0 saturated carbocycles. The molecule has 0 fully saturated rings. The third kappa shape index (κ3) is 29.3. The number of aryl methyl sites for hydroxylation is 13. The zero-order valence-corrected chi connectivity index (χ0v) is 78.0. The first kappa shape index (κ1) is 102. The Labute approximate surface area is 801 Å². The maximum atomic E-state index is 13.2. The number of halogens is 3. The average Bonchev–Trinajstić information content (AvgIpc) is 1.68. The summed E-state index contributed by atoms with van der Waals surface area (Å²) >= 11 is 6.06. The molecule has 16 rings (SSSR count). The van der Waals surface area contributed by atoms with Crippen LogP contribution in [0.15, 0.2) is 259 Å². The predicted molar refractivity (Wildman–Crippen MR) is 534 cm³/mol. The van der Waals surface area contributed by atoms with E-state index in [1.807, 2.05) is 62.4 Å². The molecule has 706 valence electrons. The summed E-state index contributed by atoms with van der Waals surface area (Å²) in [6.45, 7) is 15.4. The van der Waals surface area contributed by atoms with E-state index in [4.69, 9.17) is 50.5 Å². The number of hydrogen-bond acceptors (Lipinski definition) is 13. The van der Waals surface area contributed by atoms with Crippen LogP contribution in [0.4, 0.5) is 8.78 Å². The van der Waals surface area contributed by atoms with Gasteiger partial charge in [-0.15, -0.1) is 0 Å². The molecule has 1 aliphatic rings. The number of benzene rings is 10. The molecule has 5 aromatic heterocycles. The molecule has 0 spiro atoms. The fourth-order valence-electron chi connectivity index (χ4n) is 15.9. The molecular formula is C110H117ClF2N16O8. The average molecular weight is 1860 g/mol. The number of primary amides is 5. The fourth-order valence-corrected chi connectivity index (χ4v) is 16.1. The van der Waals surface area contributed by atoms with Gasteiger partial charge in [0.05, 0.1) is 109 Å². The predicted octanol–water partition coefficient (Wildman–Crippen LogP) is 18.3. The zero-order chi connectivity index (χ0) is 97.1. The van der Waals surface area contributed by atoms with Crippen molar-refractivity contribution in [1.82, 2.24) is 51.0 Å². The molecule has 0 radical (unpaired) electrons. The quantitative estimate of drug-likeness (QED) is 0.0182. The van der Waals surface area contributed by atoms with Crippen LogP contribution in [0.1, 0.15) is 243 Å². The smallest absolute Gasteiger partial charge is 0.335 e. The molecular weight excluding hydrogens is 1750 g/mol. The number of allylic oxidation sites excluding steroid dienone is 1. The van der Waals surface area contributed by atoms with Gasteiger partial charge in [-0.05, 0) is 225 Å². The number of aliphatic hydroxyl groups excluding tert-OH is 1. The Morgan fingerprint density at radius 2 is 0.635 bits per heavy atom. The minimum absolute atomic E-state index is 0. The van der Waals surface area contributed by atoms with E-state index in [-0.39, 0.29) is 36.6 Å². The number of aromatic amines is 5. The Morgan fingerprint density at radius 3 is 0.934 bits per heavy atom. The van der Waals surface area contributed by atoms with Crippen molar-refractivity contribution in [2.45, 2.75) is 164 Å². The number of carbonyl (C=O) groups excluding carboxylic acids is 5. The fraction of sp³-hybridized carbons (Fsp3) is 0.236. The number of nitrogens with two attached hydrogens (primary N) is 5. The summed E-state index contributed by atoms with van der Waals surface area (Å²) in [7, 11) is 0. The highest BCUT2D eigenvalue weighted by Crippen LogP contribution is 2.29. The highest BCUT2D eigenvalue weighted by molar-refractivity contribution is 6.30. The number of rotatable bonds is 33. The number of nitrogens with one attached hydrogen (secondary N) is 5. The van der Waals surface area contributed by atoms with Gasteiger partial charge in [0.15, 0.2) is 0 Å². The van der Waals surface area contributed by atoms with Gasteiger partial charge in [0.25, 0.3) is 29.5 Å². The van der Waals surface area contributed by atoms with E-state index in [0.717, 1.165) is 93.0 Å². The van der Waals surface area contributed by atoms with E-state index in [0.29, 0.717) is 150 Å². The number of aromatic nitrogens is 10. The zero-order valence-electron chi connectivity index (χ0n) is 77.2. The first-order valence-corrected chi connectivity index (χ1v) is 45.3. The number of carboxylic acids is 1. The van der Waals surface area contributed by atoms with Crippen molar-refractivity contribution < 1.29 is 47.8 Å². The molecule has 5 amide bonds. The molecule has 0 aliphatic carbocycles. The van der Waals surface area contributed by atoms with Gasteiger partial charge in [0, 0.05) is 42.7 Å². The van der Waals surface area contributed by atoms with Crippen LogP contribution in [0, 0.1) is 39.3 Å². The Balaban J connectivity index is 0.000000164. The molecule has 0 saturated heterocycles. The lowest BCUT2D eigenvalue weighted by molar-refractivity contribution is 0.0695. The Bertz CT molecular complexity index is 6670. The van der Waals surface area contributed by atoms with Crippen molar-refractivity contribution in [3.05, 3.63) is 450 Å². The molecule has 0 atom stereocenters. The lowest BCUT2D eigenvalue weighted by Crippen LogP contribution is -2.15. The summed E-state index contributed by atoms with van der Waals surface area (Å²) < 4.78 is 26.3. The normalized spacial score (nSPS) is 11.4. The van der Waals surface area contributed by atoms with Crippen LogP contribution >= 0.6 is 11.6 Å². The van der Waals surface area contributed by atoms with E-state index >= 15 is 0 Å². The molecule has 10 aromatic carbocycles. The summed E-state index contributed by atoms with van der Waals surface area (Å²) in [6, 6.07) is 75.8. The van der Waals surface area contributed by atoms with Gasteiger partial charge in [-0.1, -0.05) is 250 Å². The van der Waals surface area contributed by atoms with Crippen LogP contribution in [0.5, 0.6) is 0 Å². The highest BCUT2D eigenvalue weighted by Gasteiger charge is 2.26. The maximum Gasteiger partial charge on any atom is 0.335 e. The number of nitrogens with zero attached hydrogens (tertiary/aromatic N) is 6. The summed E-state index contributed by atoms with van der Waals surface area (Å²) in [5, 5.41) is 55.2. The lowest BCUT2D eigenvalue weighted by Gasteiger charge is -2.19. The van der Waals surface area contributed by atoms with Crippen LogP contribution < -0.4 is 28.7 Å².